The first kappa shape index (κ1) is 22.1. The fraction of sp³-hybridized carbons (Fsp3) is 0.579. The third-order valence-corrected chi connectivity index (χ3v) is 5.43. The van der Waals surface area contributed by atoms with Gasteiger partial charge in [0.2, 0.25) is 5.91 Å². The van der Waals surface area contributed by atoms with Crippen LogP contribution >= 0.6 is 0 Å². The Morgan fingerprint density at radius 3 is 2.72 bits per heavy atom. The average Bonchev–Trinajstić information content (AvgIpc) is 3.33. The summed E-state index contributed by atoms with van der Waals surface area (Å²) >= 11 is 0. The van der Waals surface area contributed by atoms with Crippen LogP contribution in [0, 0.1) is 11.6 Å². The molecule has 4 rings (SSSR count). The van der Waals surface area contributed by atoms with Gasteiger partial charge >= 0.3 is 6.09 Å². The van der Waals surface area contributed by atoms with Crippen LogP contribution in [0.5, 0.6) is 0 Å². The zero-order chi connectivity index (χ0) is 22.7. The van der Waals surface area contributed by atoms with Gasteiger partial charge in [-0.25, -0.2) is 13.6 Å². The Morgan fingerprint density at radius 2 is 2.03 bits per heavy atom. The maximum Gasteiger partial charge on any atom is 0.414 e. The lowest BCUT2D eigenvalue weighted by Crippen LogP contribution is -2.34. The van der Waals surface area contributed by atoms with Crippen molar-refractivity contribution < 1.29 is 32.6 Å². The molecule has 32 heavy (non-hydrogen) atoms. The third-order valence-electron chi connectivity index (χ3n) is 5.43. The van der Waals surface area contributed by atoms with Gasteiger partial charge in [0.15, 0.2) is 17.9 Å². The maximum atomic E-state index is 14.9. The van der Waals surface area contributed by atoms with Crippen LogP contribution in [-0.2, 0) is 19.0 Å². The summed E-state index contributed by atoms with van der Waals surface area (Å²) in [4.78, 5) is 30.6. The second kappa shape index (κ2) is 9.55. The number of carbonyl (C=O) groups is 2. The number of azide groups is 1. The lowest BCUT2D eigenvalue weighted by atomic mass is 10.2. The first-order valence-electron chi connectivity index (χ1n) is 10.2. The van der Waals surface area contributed by atoms with Gasteiger partial charge in [0.1, 0.15) is 18.5 Å². The molecule has 2 amide bonds. The lowest BCUT2D eigenvalue weighted by Gasteiger charge is -2.26. The summed E-state index contributed by atoms with van der Waals surface area (Å²) in [6, 6.07) is 2.02. The number of hydrogen-bond donors (Lipinski definition) is 0. The molecule has 0 bridgehead atoms. The van der Waals surface area contributed by atoms with Crippen molar-refractivity contribution in [1.82, 2.24) is 4.90 Å². The van der Waals surface area contributed by atoms with Crippen molar-refractivity contribution in [2.75, 3.05) is 49.4 Å². The molecule has 0 saturated carbocycles. The Hall–Kier alpha value is -3.15. The van der Waals surface area contributed by atoms with Crippen LogP contribution in [0.1, 0.15) is 19.3 Å². The van der Waals surface area contributed by atoms with Gasteiger partial charge in [-0.2, -0.15) is 0 Å². The van der Waals surface area contributed by atoms with Crippen LogP contribution in [0.4, 0.5) is 25.0 Å². The van der Waals surface area contributed by atoms with E-state index in [0.717, 1.165) is 36.3 Å². The number of carbonyl (C=O) groups excluding carboxylic acids is 2. The lowest BCUT2D eigenvalue weighted by molar-refractivity contribution is -0.184. The molecule has 0 aromatic heterocycles. The summed E-state index contributed by atoms with van der Waals surface area (Å²) in [5.74, 6) is -2.16. The standard InChI is InChI=1S/C19H22F2N6O5/c20-14-5-12(27-8-13(7-23-24-22)32-19(27)29)6-15(21)18(14)25-9-16(28)26(10-25)11-31-17-3-1-2-4-30-17/h5-6,13,17H,1-4,7-11H2/t13-,17?/m1/s1. The molecular weight excluding hydrogens is 430 g/mol. The van der Waals surface area contributed by atoms with Gasteiger partial charge in [0.25, 0.3) is 0 Å². The summed E-state index contributed by atoms with van der Waals surface area (Å²) in [6.45, 7) is 0.229. The van der Waals surface area contributed by atoms with Crippen LogP contribution in [-0.4, -0.2) is 68.9 Å². The second-order valence-corrected chi connectivity index (χ2v) is 7.65. The van der Waals surface area contributed by atoms with Crippen LogP contribution in [0.2, 0.25) is 0 Å². The Morgan fingerprint density at radius 1 is 1.25 bits per heavy atom. The Bertz CT molecular complexity index is 914. The Labute approximate surface area is 182 Å². The third kappa shape index (κ3) is 4.69. The van der Waals surface area contributed by atoms with Crippen molar-refractivity contribution in [3.05, 3.63) is 34.2 Å². The predicted octanol–water partition coefficient (Wildman–Crippen LogP) is 2.71. The van der Waals surface area contributed by atoms with Crippen molar-refractivity contribution in [3.8, 4) is 0 Å². The van der Waals surface area contributed by atoms with E-state index in [1.165, 1.54) is 9.80 Å². The Kier molecular flexibility index (Phi) is 6.58. The number of hydrogen-bond acceptors (Lipinski definition) is 7. The quantitative estimate of drug-likeness (QED) is 0.356. The van der Waals surface area contributed by atoms with Crippen LogP contribution in [0.25, 0.3) is 10.4 Å². The highest BCUT2D eigenvalue weighted by Gasteiger charge is 2.35. The van der Waals surface area contributed by atoms with Crippen LogP contribution in [0.15, 0.2) is 17.2 Å². The number of nitrogens with zero attached hydrogens (tertiary/aromatic N) is 6. The Balaban J connectivity index is 1.42. The highest BCUT2D eigenvalue weighted by molar-refractivity contribution is 5.90. The van der Waals surface area contributed by atoms with E-state index in [9.17, 15) is 18.4 Å². The van der Waals surface area contributed by atoms with E-state index in [4.69, 9.17) is 19.7 Å². The number of ether oxygens (including phenoxy) is 3. The van der Waals surface area contributed by atoms with Crippen molar-refractivity contribution in [1.29, 1.82) is 0 Å². The number of anilines is 2. The first-order valence-corrected chi connectivity index (χ1v) is 10.2. The van der Waals surface area contributed by atoms with E-state index >= 15 is 0 Å². The zero-order valence-electron chi connectivity index (χ0n) is 17.2. The molecule has 13 heteroatoms. The van der Waals surface area contributed by atoms with E-state index in [2.05, 4.69) is 10.0 Å². The molecule has 1 aromatic rings. The number of benzene rings is 1. The largest absolute Gasteiger partial charge is 0.444 e. The molecule has 1 aromatic carbocycles. The molecule has 0 N–H and O–H groups in total. The molecule has 3 aliphatic rings. The second-order valence-electron chi connectivity index (χ2n) is 7.65. The summed E-state index contributed by atoms with van der Waals surface area (Å²) in [7, 11) is 0. The number of halogens is 2. The molecule has 2 atom stereocenters. The normalized spacial score (nSPS) is 23.5. The van der Waals surface area contributed by atoms with Gasteiger partial charge in [0, 0.05) is 23.7 Å². The molecule has 11 nitrogen and oxygen atoms in total. The summed E-state index contributed by atoms with van der Waals surface area (Å²) in [5.41, 5.74) is 7.98. The molecule has 1 unspecified atom stereocenters. The van der Waals surface area contributed by atoms with Gasteiger partial charge in [-0.1, -0.05) is 5.11 Å². The fourth-order valence-corrected chi connectivity index (χ4v) is 3.84. The minimum atomic E-state index is -0.919. The van der Waals surface area contributed by atoms with Crippen molar-refractivity contribution >= 4 is 23.4 Å². The van der Waals surface area contributed by atoms with E-state index in [-0.39, 0.29) is 56.6 Å². The minimum Gasteiger partial charge on any atom is -0.444 e. The van der Waals surface area contributed by atoms with Crippen molar-refractivity contribution in [2.24, 2.45) is 5.11 Å². The number of amides is 2. The molecule has 0 spiro atoms. The van der Waals surface area contributed by atoms with Crippen LogP contribution < -0.4 is 9.80 Å². The number of rotatable bonds is 7. The summed E-state index contributed by atoms with van der Waals surface area (Å²) in [6.07, 6.45) is 0.792. The zero-order valence-corrected chi connectivity index (χ0v) is 17.2. The SMILES string of the molecule is [N-]=[N+]=NC[C@@H]1CN(c2cc(F)c(N3CC(=O)N(COC4CCCCO4)C3)c(F)c2)C(=O)O1. The molecule has 3 saturated heterocycles. The van der Waals surface area contributed by atoms with E-state index < -0.39 is 23.8 Å². The van der Waals surface area contributed by atoms with E-state index in [1.54, 1.807) is 0 Å². The molecular formula is C19H22F2N6O5. The molecule has 172 valence electrons. The predicted molar refractivity (Wildman–Crippen MR) is 107 cm³/mol. The molecule has 0 aliphatic carbocycles. The average molecular weight is 452 g/mol. The topological polar surface area (TPSA) is 120 Å². The van der Waals surface area contributed by atoms with Gasteiger partial charge in [-0.05, 0) is 24.8 Å². The first-order chi connectivity index (χ1) is 15.5. The fourth-order valence-electron chi connectivity index (χ4n) is 3.84. The van der Waals surface area contributed by atoms with E-state index in [1.807, 2.05) is 0 Å². The molecule has 3 aliphatic heterocycles. The summed E-state index contributed by atoms with van der Waals surface area (Å²) < 4.78 is 45.8. The monoisotopic (exact) mass is 452 g/mol. The molecule has 0 radical (unpaired) electrons. The molecule has 3 fully saturated rings. The van der Waals surface area contributed by atoms with Gasteiger partial charge in [-0.15, -0.1) is 0 Å². The summed E-state index contributed by atoms with van der Waals surface area (Å²) in [5, 5.41) is 3.34. The van der Waals surface area contributed by atoms with Crippen molar-refractivity contribution in [3.63, 3.8) is 0 Å². The minimum absolute atomic E-state index is 0.00731. The van der Waals surface area contributed by atoms with Gasteiger partial charge in [0.05, 0.1) is 32.0 Å². The number of cyclic esters (lactones) is 1. The smallest absolute Gasteiger partial charge is 0.414 e. The highest BCUT2D eigenvalue weighted by atomic mass is 19.1. The molecule has 3 heterocycles. The van der Waals surface area contributed by atoms with Crippen molar-refractivity contribution in [2.45, 2.75) is 31.7 Å². The highest BCUT2D eigenvalue weighted by Crippen LogP contribution is 2.32. The van der Waals surface area contributed by atoms with E-state index in [0.29, 0.717) is 6.61 Å². The van der Waals surface area contributed by atoms with Gasteiger partial charge in [-0.3, -0.25) is 14.6 Å². The maximum absolute atomic E-state index is 14.9. The van der Waals surface area contributed by atoms with Crippen LogP contribution in [0.3, 0.4) is 0 Å². The van der Waals surface area contributed by atoms with Gasteiger partial charge < -0.3 is 19.1 Å².